The first-order chi connectivity index (χ1) is 10.1. The van der Waals surface area contributed by atoms with Gasteiger partial charge in [-0.1, -0.05) is 25.1 Å². The zero-order valence-electron chi connectivity index (χ0n) is 12.9. The maximum absolute atomic E-state index is 12.1. The lowest BCUT2D eigenvalue weighted by molar-refractivity contribution is -0.134. The van der Waals surface area contributed by atoms with E-state index in [0.717, 1.165) is 17.7 Å². The molecule has 0 bridgehead atoms. The second kappa shape index (κ2) is 9.13. The van der Waals surface area contributed by atoms with Gasteiger partial charge < -0.3 is 16.0 Å². The standard InChI is InChI=1S/C16H25N3O2/c1-3-11-19(16(21)9-6-10-17)12-15(20)18-14-8-5-4-7-13(14)2/h4-5,7-8H,3,6,9-12,17H2,1-2H3,(H,18,20). The van der Waals surface area contributed by atoms with Crippen molar-refractivity contribution in [3.8, 4) is 0 Å². The Hall–Kier alpha value is -1.88. The fraction of sp³-hybridized carbons (Fsp3) is 0.500. The lowest BCUT2D eigenvalue weighted by Crippen LogP contribution is -2.38. The summed E-state index contributed by atoms with van der Waals surface area (Å²) in [6.07, 6.45) is 1.87. The Bertz CT molecular complexity index is 474. The largest absolute Gasteiger partial charge is 0.333 e. The van der Waals surface area contributed by atoms with Crippen molar-refractivity contribution in [2.24, 2.45) is 5.73 Å². The summed E-state index contributed by atoms with van der Waals surface area (Å²) in [6.45, 7) is 5.09. The average Bonchev–Trinajstić information content (AvgIpc) is 2.46. The number of hydrogen-bond acceptors (Lipinski definition) is 3. The van der Waals surface area contributed by atoms with Crippen LogP contribution in [0.3, 0.4) is 0 Å². The van der Waals surface area contributed by atoms with Gasteiger partial charge in [0.25, 0.3) is 0 Å². The lowest BCUT2D eigenvalue weighted by atomic mass is 10.2. The number of anilines is 1. The molecule has 116 valence electrons. The van der Waals surface area contributed by atoms with Crippen LogP contribution in [-0.2, 0) is 9.59 Å². The van der Waals surface area contributed by atoms with E-state index in [1.54, 1.807) is 4.90 Å². The molecule has 3 N–H and O–H groups in total. The fourth-order valence-corrected chi connectivity index (χ4v) is 2.05. The van der Waals surface area contributed by atoms with Crippen molar-refractivity contribution in [2.45, 2.75) is 33.1 Å². The Kier molecular flexibility index (Phi) is 7.46. The van der Waals surface area contributed by atoms with Crippen LogP contribution in [0, 0.1) is 6.92 Å². The third kappa shape index (κ3) is 5.95. The fourth-order valence-electron chi connectivity index (χ4n) is 2.05. The normalized spacial score (nSPS) is 10.2. The van der Waals surface area contributed by atoms with Crippen LogP contribution in [0.4, 0.5) is 5.69 Å². The van der Waals surface area contributed by atoms with E-state index in [1.807, 2.05) is 38.1 Å². The Morgan fingerprint density at radius 2 is 2.00 bits per heavy atom. The van der Waals surface area contributed by atoms with Crippen molar-refractivity contribution >= 4 is 17.5 Å². The second-order valence-corrected chi connectivity index (χ2v) is 5.07. The summed E-state index contributed by atoms with van der Waals surface area (Å²) in [7, 11) is 0. The summed E-state index contributed by atoms with van der Waals surface area (Å²) < 4.78 is 0. The first kappa shape index (κ1) is 17.2. The first-order valence-corrected chi connectivity index (χ1v) is 7.41. The predicted molar refractivity (Wildman–Crippen MR) is 85.0 cm³/mol. The van der Waals surface area contributed by atoms with E-state index in [-0.39, 0.29) is 18.4 Å². The molecule has 5 nitrogen and oxygen atoms in total. The molecule has 0 saturated heterocycles. The SMILES string of the molecule is CCCN(CC(=O)Nc1ccccc1C)C(=O)CCCN. The number of hydrogen-bond donors (Lipinski definition) is 2. The molecule has 0 heterocycles. The van der Waals surface area contributed by atoms with Crippen LogP contribution < -0.4 is 11.1 Å². The van der Waals surface area contributed by atoms with Gasteiger partial charge in [0.2, 0.25) is 11.8 Å². The van der Waals surface area contributed by atoms with Crippen LogP contribution in [0.25, 0.3) is 0 Å². The van der Waals surface area contributed by atoms with Crippen LogP contribution in [0.1, 0.15) is 31.7 Å². The van der Waals surface area contributed by atoms with Gasteiger partial charge in [-0.25, -0.2) is 0 Å². The van der Waals surface area contributed by atoms with Crippen molar-refractivity contribution in [1.29, 1.82) is 0 Å². The molecule has 0 radical (unpaired) electrons. The lowest BCUT2D eigenvalue weighted by Gasteiger charge is -2.21. The van der Waals surface area contributed by atoms with Crippen LogP contribution in [-0.4, -0.2) is 36.3 Å². The van der Waals surface area contributed by atoms with Gasteiger partial charge >= 0.3 is 0 Å². The van der Waals surface area contributed by atoms with E-state index in [0.29, 0.717) is 25.9 Å². The third-order valence-electron chi connectivity index (χ3n) is 3.19. The summed E-state index contributed by atoms with van der Waals surface area (Å²) in [5, 5.41) is 2.85. The first-order valence-electron chi connectivity index (χ1n) is 7.41. The molecular weight excluding hydrogens is 266 g/mol. The number of para-hydroxylation sites is 1. The van der Waals surface area contributed by atoms with Crippen LogP contribution in [0.2, 0.25) is 0 Å². The minimum absolute atomic E-state index is 0.0118. The molecule has 0 aliphatic heterocycles. The summed E-state index contributed by atoms with van der Waals surface area (Å²) in [4.78, 5) is 25.7. The topological polar surface area (TPSA) is 75.4 Å². The average molecular weight is 291 g/mol. The van der Waals surface area contributed by atoms with Gasteiger partial charge in [-0.15, -0.1) is 0 Å². The maximum Gasteiger partial charge on any atom is 0.244 e. The number of aryl methyl sites for hydroxylation is 1. The summed E-state index contributed by atoms with van der Waals surface area (Å²) in [5.74, 6) is -0.180. The zero-order valence-corrected chi connectivity index (χ0v) is 12.9. The van der Waals surface area contributed by atoms with Gasteiger partial charge in [-0.3, -0.25) is 9.59 Å². The Morgan fingerprint density at radius 3 is 2.62 bits per heavy atom. The molecule has 0 atom stereocenters. The van der Waals surface area contributed by atoms with Crippen molar-refractivity contribution in [1.82, 2.24) is 4.90 Å². The number of nitrogens with one attached hydrogen (secondary N) is 1. The highest BCUT2D eigenvalue weighted by molar-refractivity contribution is 5.95. The van der Waals surface area contributed by atoms with Crippen LogP contribution >= 0.6 is 0 Å². The van der Waals surface area contributed by atoms with Crippen molar-refractivity contribution in [2.75, 3.05) is 25.0 Å². The Morgan fingerprint density at radius 1 is 1.29 bits per heavy atom. The van der Waals surface area contributed by atoms with Gasteiger partial charge in [0.15, 0.2) is 0 Å². The number of nitrogens with zero attached hydrogens (tertiary/aromatic N) is 1. The van der Waals surface area contributed by atoms with Gasteiger partial charge in [-0.2, -0.15) is 0 Å². The molecule has 5 heteroatoms. The Labute approximate surface area is 126 Å². The highest BCUT2D eigenvalue weighted by Crippen LogP contribution is 2.13. The molecular formula is C16H25N3O2. The molecule has 21 heavy (non-hydrogen) atoms. The highest BCUT2D eigenvalue weighted by Gasteiger charge is 2.16. The van der Waals surface area contributed by atoms with Crippen molar-refractivity contribution < 1.29 is 9.59 Å². The van der Waals surface area contributed by atoms with Gasteiger partial charge in [0.05, 0.1) is 6.54 Å². The molecule has 1 rings (SSSR count). The monoisotopic (exact) mass is 291 g/mol. The molecule has 0 aliphatic carbocycles. The number of nitrogens with two attached hydrogens (primary N) is 1. The molecule has 0 aliphatic rings. The minimum Gasteiger partial charge on any atom is -0.333 e. The summed E-state index contributed by atoms with van der Waals surface area (Å²) >= 11 is 0. The summed E-state index contributed by atoms with van der Waals surface area (Å²) in [6, 6.07) is 7.59. The Balaban J connectivity index is 2.60. The molecule has 0 spiro atoms. The van der Waals surface area contributed by atoms with E-state index in [1.165, 1.54) is 0 Å². The summed E-state index contributed by atoms with van der Waals surface area (Å²) in [5.41, 5.74) is 7.21. The third-order valence-corrected chi connectivity index (χ3v) is 3.19. The molecule has 1 aromatic carbocycles. The zero-order chi connectivity index (χ0) is 15.7. The number of amides is 2. The van der Waals surface area contributed by atoms with E-state index in [2.05, 4.69) is 5.32 Å². The molecule has 0 saturated carbocycles. The number of benzene rings is 1. The van der Waals surface area contributed by atoms with Gasteiger partial charge in [-0.05, 0) is 37.9 Å². The minimum atomic E-state index is -0.168. The van der Waals surface area contributed by atoms with Crippen LogP contribution in [0.15, 0.2) is 24.3 Å². The van der Waals surface area contributed by atoms with Crippen LogP contribution in [0.5, 0.6) is 0 Å². The highest BCUT2D eigenvalue weighted by atomic mass is 16.2. The number of carbonyl (C=O) groups excluding carboxylic acids is 2. The molecule has 0 aromatic heterocycles. The van der Waals surface area contributed by atoms with Crippen molar-refractivity contribution in [3.63, 3.8) is 0 Å². The van der Waals surface area contributed by atoms with Gasteiger partial charge in [0, 0.05) is 18.7 Å². The molecule has 0 unspecified atom stereocenters. The number of carbonyl (C=O) groups is 2. The second-order valence-electron chi connectivity index (χ2n) is 5.07. The smallest absolute Gasteiger partial charge is 0.244 e. The maximum atomic E-state index is 12.1. The molecule has 1 aromatic rings. The number of rotatable bonds is 8. The van der Waals surface area contributed by atoms with E-state index < -0.39 is 0 Å². The van der Waals surface area contributed by atoms with E-state index in [4.69, 9.17) is 5.73 Å². The molecule has 0 fully saturated rings. The quantitative estimate of drug-likeness (QED) is 0.768. The van der Waals surface area contributed by atoms with E-state index in [9.17, 15) is 9.59 Å². The van der Waals surface area contributed by atoms with E-state index >= 15 is 0 Å². The predicted octanol–water partition coefficient (Wildman–Crippen LogP) is 1.91. The van der Waals surface area contributed by atoms with Crippen molar-refractivity contribution in [3.05, 3.63) is 29.8 Å². The van der Waals surface area contributed by atoms with Gasteiger partial charge in [0.1, 0.15) is 0 Å². The molecule has 2 amide bonds.